The monoisotopic (exact) mass is 240 g/mol. The summed E-state index contributed by atoms with van der Waals surface area (Å²) in [7, 11) is 0. The lowest BCUT2D eigenvalue weighted by molar-refractivity contribution is 0.699. The minimum absolute atomic E-state index is 0.124. The number of anilines is 1. The minimum atomic E-state index is -0.124. The Kier molecular flexibility index (Phi) is 1.45. The summed E-state index contributed by atoms with van der Waals surface area (Å²) < 4.78 is 3.31. The van der Waals surface area contributed by atoms with Crippen LogP contribution in [-0.2, 0) is 0 Å². The molecule has 8 nitrogen and oxygen atoms in total. The number of nitrogen functional groups attached to an aromatic ring is 1. The Bertz CT molecular complexity index is 911. The molecule has 0 saturated carbocycles. The lowest BCUT2D eigenvalue weighted by Crippen LogP contribution is -2.16. The average molecular weight is 240 g/mol. The van der Waals surface area contributed by atoms with Crippen molar-refractivity contribution in [3.63, 3.8) is 0 Å². The molecule has 1 aromatic heterocycles. The molecule has 4 N–H and O–H groups in total. The van der Waals surface area contributed by atoms with Crippen LogP contribution in [0.1, 0.15) is 0 Å². The number of rotatable bonds is 0. The molecule has 18 heavy (non-hydrogen) atoms. The SMILES string of the molecule is N=c1nc(N)c2nn3c4ccccc4[nH]n3c-2n1. The van der Waals surface area contributed by atoms with E-state index in [1.54, 1.807) is 9.26 Å². The molecule has 88 valence electrons. The van der Waals surface area contributed by atoms with Crippen LogP contribution in [0.5, 0.6) is 0 Å². The van der Waals surface area contributed by atoms with Crippen LogP contribution in [0.15, 0.2) is 24.3 Å². The van der Waals surface area contributed by atoms with Gasteiger partial charge in [-0.15, -0.1) is 9.73 Å². The largest absolute Gasteiger partial charge is 0.382 e. The molecule has 0 amide bonds. The molecular formula is C10H8N8. The summed E-state index contributed by atoms with van der Waals surface area (Å²) in [4.78, 5) is 7.83. The number of hydrogen-bond donors (Lipinski definition) is 3. The number of aromatic amines is 1. The first-order valence-corrected chi connectivity index (χ1v) is 5.30. The molecule has 0 atom stereocenters. The zero-order valence-corrected chi connectivity index (χ0v) is 9.12. The van der Waals surface area contributed by atoms with Gasteiger partial charge in [0.2, 0.25) is 11.4 Å². The third-order valence-electron chi connectivity index (χ3n) is 2.82. The molecule has 1 aromatic carbocycles. The van der Waals surface area contributed by atoms with Gasteiger partial charge in [-0.05, 0) is 12.1 Å². The molecule has 0 spiro atoms. The summed E-state index contributed by atoms with van der Waals surface area (Å²) >= 11 is 0. The number of fused-ring (bicyclic) bond motifs is 5. The summed E-state index contributed by atoms with van der Waals surface area (Å²) in [6, 6.07) is 7.73. The summed E-state index contributed by atoms with van der Waals surface area (Å²) in [5.74, 6) is 0.697. The van der Waals surface area contributed by atoms with Crippen LogP contribution in [-0.4, -0.2) is 29.4 Å². The van der Waals surface area contributed by atoms with E-state index in [9.17, 15) is 0 Å². The van der Waals surface area contributed by atoms with Gasteiger partial charge in [-0.25, -0.2) is 0 Å². The number of aromatic nitrogens is 6. The second kappa shape index (κ2) is 2.86. The number of nitrogens with one attached hydrogen (secondary N) is 2. The highest BCUT2D eigenvalue weighted by Crippen LogP contribution is 2.21. The highest BCUT2D eigenvalue weighted by atomic mass is 15.6. The Labute approximate surface area is 99.5 Å². The van der Waals surface area contributed by atoms with E-state index in [1.807, 2.05) is 24.3 Å². The molecule has 0 fully saturated rings. The van der Waals surface area contributed by atoms with Crippen molar-refractivity contribution < 1.29 is 0 Å². The molecule has 0 aliphatic carbocycles. The van der Waals surface area contributed by atoms with Crippen molar-refractivity contribution in [2.75, 3.05) is 5.73 Å². The molecular weight excluding hydrogens is 232 g/mol. The summed E-state index contributed by atoms with van der Waals surface area (Å²) in [6.45, 7) is 0. The Hall–Kier alpha value is -2.90. The average Bonchev–Trinajstić information content (AvgIpc) is 2.86. The normalized spacial score (nSPS) is 11.8. The molecule has 0 saturated heterocycles. The molecule has 0 radical (unpaired) electrons. The third-order valence-corrected chi connectivity index (χ3v) is 2.82. The topological polar surface area (TPSA) is 113 Å². The lowest BCUT2D eigenvalue weighted by Gasteiger charge is -1.96. The van der Waals surface area contributed by atoms with E-state index in [2.05, 4.69) is 20.2 Å². The highest BCUT2D eigenvalue weighted by molar-refractivity contribution is 5.75. The predicted octanol–water partition coefficient (Wildman–Crippen LogP) is -0.128. The fourth-order valence-corrected chi connectivity index (χ4v) is 2.05. The predicted molar refractivity (Wildman–Crippen MR) is 63.0 cm³/mol. The van der Waals surface area contributed by atoms with Gasteiger partial charge in [-0.3, -0.25) is 10.5 Å². The Morgan fingerprint density at radius 3 is 2.94 bits per heavy atom. The molecule has 2 aromatic rings. The number of nitrogens with two attached hydrogens (primary N) is 1. The van der Waals surface area contributed by atoms with Gasteiger partial charge in [-0.2, -0.15) is 14.6 Å². The van der Waals surface area contributed by atoms with E-state index in [4.69, 9.17) is 11.1 Å². The van der Waals surface area contributed by atoms with Crippen LogP contribution in [0.3, 0.4) is 0 Å². The van der Waals surface area contributed by atoms with Crippen molar-refractivity contribution in [2.45, 2.75) is 0 Å². The van der Waals surface area contributed by atoms with Gasteiger partial charge in [-0.1, -0.05) is 12.1 Å². The highest BCUT2D eigenvalue weighted by Gasteiger charge is 2.19. The van der Waals surface area contributed by atoms with Crippen molar-refractivity contribution in [2.24, 2.45) is 0 Å². The summed E-state index contributed by atoms with van der Waals surface area (Å²) in [5, 5.41) is 15.0. The van der Waals surface area contributed by atoms with E-state index in [-0.39, 0.29) is 11.4 Å². The molecule has 0 bridgehead atoms. The van der Waals surface area contributed by atoms with Crippen molar-refractivity contribution in [3.8, 4) is 11.5 Å². The minimum Gasteiger partial charge on any atom is -0.382 e. The molecule has 8 heteroatoms. The second-order valence-corrected chi connectivity index (χ2v) is 3.93. The van der Waals surface area contributed by atoms with Crippen LogP contribution >= 0.6 is 0 Å². The van der Waals surface area contributed by atoms with Crippen LogP contribution in [0.4, 0.5) is 5.82 Å². The second-order valence-electron chi connectivity index (χ2n) is 3.93. The van der Waals surface area contributed by atoms with Crippen molar-refractivity contribution in [1.29, 1.82) is 5.41 Å². The number of para-hydroxylation sites is 2. The maximum Gasteiger partial charge on any atom is 0.246 e. The zero-order chi connectivity index (χ0) is 12.3. The first-order valence-electron chi connectivity index (χ1n) is 5.30. The van der Waals surface area contributed by atoms with Crippen LogP contribution in [0.25, 0.3) is 22.6 Å². The van der Waals surface area contributed by atoms with Crippen LogP contribution < -0.4 is 11.4 Å². The first-order chi connectivity index (χ1) is 8.74. The summed E-state index contributed by atoms with van der Waals surface area (Å²) in [5.41, 5.74) is 7.94. The van der Waals surface area contributed by atoms with Crippen molar-refractivity contribution >= 4 is 16.9 Å². The van der Waals surface area contributed by atoms with Gasteiger partial charge < -0.3 is 5.73 Å². The van der Waals surface area contributed by atoms with Gasteiger partial charge in [0.05, 0.1) is 5.52 Å². The van der Waals surface area contributed by atoms with E-state index in [1.165, 1.54) is 0 Å². The standard InChI is InChI=1S/C10H8N8/c11-8-7-9(14-10(12)13-8)18-15-5-3-1-2-4-6(5)17(18)16-7/h1-4,15H,(H3,11,12,13). The Morgan fingerprint density at radius 1 is 1.22 bits per heavy atom. The van der Waals surface area contributed by atoms with Crippen LogP contribution in [0, 0.1) is 5.41 Å². The number of benzene rings is 1. The van der Waals surface area contributed by atoms with E-state index in [0.717, 1.165) is 11.0 Å². The molecule has 0 unspecified atom stereocenters. The molecule has 3 heterocycles. The Balaban J connectivity index is 2.31. The molecule has 2 aliphatic heterocycles. The van der Waals surface area contributed by atoms with Gasteiger partial charge in [0, 0.05) is 0 Å². The van der Waals surface area contributed by atoms with Crippen LogP contribution in [0.2, 0.25) is 0 Å². The van der Waals surface area contributed by atoms with E-state index in [0.29, 0.717) is 11.5 Å². The quantitative estimate of drug-likeness (QED) is 0.397. The van der Waals surface area contributed by atoms with Gasteiger partial charge >= 0.3 is 0 Å². The third kappa shape index (κ3) is 0.986. The smallest absolute Gasteiger partial charge is 0.246 e. The lowest BCUT2D eigenvalue weighted by atomic mass is 10.3. The van der Waals surface area contributed by atoms with Gasteiger partial charge in [0.25, 0.3) is 0 Å². The number of H-pyrrole nitrogens is 1. The molecule has 2 aliphatic rings. The fraction of sp³-hybridized carbons (Fsp3) is 0. The number of nitrogens with zero attached hydrogens (tertiary/aromatic N) is 5. The van der Waals surface area contributed by atoms with Gasteiger partial charge in [0.1, 0.15) is 5.52 Å². The molecule has 4 rings (SSSR count). The number of hydrogen-bond acceptors (Lipinski definition) is 5. The summed E-state index contributed by atoms with van der Waals surface area (Å²) in [6.07, 6.45) is 0. The fourth-order valence-electron chi connectivity index (χ4n) is 2.05. The van der Waals surface area contributed by atoms with Gasteiger partial charge in [0.15, 0.2) is 11.5 Å². The Morgan fingerprint density at radius 2 is 2.06 bits per heavy atom. The maximum atomic E-state index is 7.50. The van der Waals surface area contributed by atoms with E-state index < -0.39 is 0 Å². The van der Waals surface area contributed by atoms with Crippen molar-refractivity contribution in [3.05, 3.63) is 29.9 Å². The first kappa shape index (κ1) is 9.16. The zero-order valence-electron chi connectivity index (χ0n) is 9.12. The maximum absolute atomic E-state index is 7.50. The van der Waals surface area contributed by atoms with E-state index >= 15 is 0 Å². The van der Waals surface area contributed by atoms with Crippen molar-refractivity contribution in [1.82, 2.24) is 29.4 Å².